The second-order valence-electron chi connectivity index (χ2n) is 7.19. The summed E-state index contributed by atoms with van der Waals surface area (Å²) in [5.41, 5.74) is 8.72. The molecule has 0 atom stereocenters. The third kappa shape index (κ3) is 4.22. The lowest BCUT2D eigenvalue weighted by molar-refractivity contribution is 0.0758. The Morgan fingerprint density at radius 3 is 2.61 bits per heavy atom. The van der Waals surface area contributed by atoms with E-state index < -0.39 is 0 Å². The summed E-state index contributed by atoms with van der Waals surface area (Å²) >= 11 is 1.49. The van der Waals surface area contributed by atoms with Gasteiger partial charge in [-0.1, -0.05) is 13.8 Å². The average molecular weight is 334 g/mol. The SMILES string of the molecule is CC(=N)/C(=C(/C)N)c1cc(C(=O)N2CCCC(C)(C)CC2)cs1. The Labute approximate surface area is 142 Å². The third-order valence-electron chi connectivity index (χ3n) is 4.49. The molecule has 126 valence electrons. The second-order valence-corrected chi connectivity index (χ2v) is 8.10. The van der Waals surface area contributed by atoms with Gasteiger partial charge < -0.3 is 16.0 Å². The quantitative estimate of drug-likeness (QED) is 0.817. The molecule has 2 rings (SSSR count). The molecule has 4 nitrogen and oxygen atoms in total. The molecule has 1 saturated heterocycles. The van der Waals surface area contributed by atoms with E-state index in [1.165, 1.54) is 11.3 Å². The number of hydrogen-bond acceptors (Lipinski definition) is 4. The lowest BCUT2D eigenvalue weighted by Gasteiger charge is -2.23. The van der Waals surface area contributed by atoms with Gasteiger partial charge in [-0.2, -0.15) is 0 Å². The van der Waals surface area contributed by atoms with Gasteiger partial charge in [0, 0.05) is 40.3 Å². The fourth-order valence-electron chi connectivity index (χ4n) is 3.06. The summed E-state index contributed by atoms with van der Waals surface area (Å²) in [6, 6.07) is 1.88. The molecule has 1 amide bonds. The van der Waals surface area contributed by atoms with E-state index in [1.54, 1.807) is 13.8 Å². The zero-order valence-corrected chi connectivity index (χ0v) is 15.3. The highest BCUT2D eigenvalue weighted by Crippen LogP contribution is 2.31. The van der Waals surface area contributed by atoms with Crippen LogP contribution < -0.4 is 5.73 Å². The molecule has 0 aromatic carbocycles. The van der Waals surface area contributed by atoms with Gasteiger partial charge in [0.15, 0.2) is 0 Å². The third-order valence-corrected chi connectivity index (χ3v) is 5.44. The maximum Gasteiger partial charge on any atom is 0.254 e. The number of thiophene rings is 1. The topological polar surface area (TPSA) is 70.2 Å². The van der Waals surface area contributed by atoms with Crippen LogP contribution >= 0.6 is 11.3 Å². The highest BCUT2D eigenvalue weighted by atomic mass is 32.1. The Kier molecular flexibility index (Phi) is 5.30. The van der Waals surface area contributed by atoms with E-state index in [9.17, 15) is 4.79 Å². The smallest absolute Gasteiger partial charge is 0.254 e. The molecule has 1 aromatic heterocycles. The molecule has 0 spiro atoms. The molecule has 0 bridgehead atoms. The van der Waals surface area contributed by atoms with E-state index in [0.29, 0.717) is 22.4 Å². The molecule has 2 heterocycles. The highest BCUT2D eigenvalue weighted by molar-refractivity contribution is 7.11. The van der Waals surface area contributed by atoms with E-state index in [0.717, 1.165) is 42.8 Å². The van der Waals surface area contributed by atoms with E-state index in [1.807, 2.05) is 16.3 Å². The summed E-state index contributed by atoms with van der Waals surface area (Å²) in [6.45, 7) is 9.72. The average Bonchev–Trinajstić information content (AvgIpc) is 2.82. The molecule has 0 aliphatic carbocycles. The van der Waals surface area contributed by atoms with Gasteiger partial charge in [-0.15, -0.1) is 11.3 Å². The monoisotopic (exact) mass is 333 g/mol. The van der Waals surface area contributed by atoms with Crippen molar-refractivity contribution in [3.05, 3.63) is 27.6 Å². The summed E-state index contributed by atoms with van der Waals surface area (Å²) in [6.07, 6.45) is 3.27. The van der Waals surface area contributed by atoms with Gasteiger partial charge in [-0.05, 0) is 44.6 Å². The van der Waals surface area contributed by atoms with Gasteiger partial charge in [-0.25, -0.2) is 0 Å². The first kappa shape index (κ1) is 17.7. The molecule has 0 radical (unpaired) electrons. The predicted molar refractivity (Wildman–Crippen MR) is 98.0 cm³/mol. The lowest BCUT2D eigenvalue weighted by atomic mass is 9.85. The van der Waals surface area contributed by atoms with Crippen LogP contribution in [0.2, 0.25) is 0 Å². The molecule has 1 aliphatic heterocycles. The van der Waals surface area contributed by atoms with Crippen molar-refractivity contribution in [2.24, 2.45) is 11.1 Å². The number of carbonyl (C=O) groups is 1. The number of amides is 1. The molecule has 0 saturated carbocycles. The number of nitrogens with one attached hydrogen (secondary N) is 1. The minimum Gasteiger partial charge on any atom is -0.402 e. The first-order valence-corrected chi connectivity index (χ1v) is 8.99. The number of rotatable bonds is 3. The van der Waals surface area contributed by atoms with Gasteiger partial charge in [0.2, 0.25) is 0 Å². The largest absolute Gasteiger partial charge is 0.402 e. The minimum atomic E-state index is 0.0989. The Balaban J connectivity index is 2.19. The number of nitrogens with two attached hydrogens (primary N) is 1. The molecular formula is C18H27N3OS. The van der Waals surface area contributed by atoms with Gasteiger partial charge >= 0.3 is 0 Å². The maximum absolute atomic E-state index is 12.8. The first-order valence-electron chi connectivity index (χ1n) is 8.11. The second kappa shape index (κ2) is 6.87. The van der Waals surface area contributed by atoms with Crippen molar-refractivity contribution in [2.45, 2.75) is 47.0 Å². The van der Waals surface area contributed by atoms with Crippen LogP contribution in [0.25, 0.3) is 5.57 Å². The van der Waals surface area contributed by atoms with Crippen LogP contribution in [0.1, 0.15) is 62.2 Å². The molecule has 3 N–H and O–H groups in total. The van der Waals surface area contributed by atoms with Crippen molar-refractivity contribution in [3.63, 3.8) is 0 Å². The van der Waals surface area contributed by atoms with Crippen molar-refractivity contribution in [2.75, 3.05) is 13.1 Å². The van der Waals surface area contributed by atoms with E-state index in [-0.39, 0.29) is 5.91 Å². The maximum atomic E-state index is 12.8. The Bertz CT molecular complexity index is 638. The standard InChI is InChI=1S/C18H27N3OS/c1-12(19)16(13(2)20)15-10-14(11-23-15)17(22)21-8-5-6-18(3,4)7-9-21/h10-11,19H,5-9,20H2,1-4H3/b16-13+,19-12?. The molecule has 5 heteroatoms. The number of hydrogen-bond donors (Lipinski definition) is 2. The van der Waals surface area contributed by atoms with E-state index >= 15 is 0 Å². The minimum absolute atomic E-state index is 0.0989. The van der Waals surface area contributed by atoms with Crippen molar-refractivity contribution in [1.82, 2.24) is 4.90 Å². The zero-order chi connectivity index (χ0) is 17.2. The summed E-state index contributed by atoms with van der Waals surface area (Å²) in [5, 5.41) is 9.77. The van der Waals surface area contributed by atoms with Crippen molar-refractivity contribution in [1.29, 1.82) is 5.41 Å². The zero-order valence-electron chi connectivity index (χ0n) is 14.5. The fourth-order valence-corrected chi connectivity index (χ4v) is 4.11. The number of nitrogens with zero attached hydrogens (tertiary/aromatic N) is 1. The Morgan fingerprint density at radius 2 is 2.00 bits per heavy atom. The summed E-state index contributed by atoms with van der Waals surface area (Å²) in [5.74, 6) is 0.0989. The van der Waals surface area contributed by atoms with Gasteiger partial charge in [0.25, 0.3) is 5.91 Å². The number of likely N-dealkylation sites (tertiary alicyclic amines) is 1. The summed E-state index contributed by atoms with van der Waals surface area (Å²) < 4.78 is 0. The Morgan fingerprint density at radius 1 is 1.30 bits per heavy atom. The van der Waals surface area contributed by atoms with Crippen LogP contribution in [0.4, 0.5) is 0 Å². The Hall–Kier alpha value is -1.62. The fraction of sp³-hybridized carbons (Fsp3) is 0.556. The first-order chi connectivity index (χ1) is 10.7. The number of carbonyl (C=O) groups excluding carboxylic acids is 1. The van der Waals surface area contributed by atoms with Crippen LogP contribution in [0.15, 0.2) is 17.1 Å². The summed E-state index contributed by atoms with van der Waals surface area (Å²) in [4.78, 5) is 15.6. The molecule has 1 aliphatic rings. The molecule has 1 aromatic rings. The van der Waals surface area contributed by atoms with Gasteiger partial charge in [0.1, 0.15) is 0 Å². The van der Waals surface area contributed by atoms with Crippen LogP contribution in [0.3, 0.4) is 0 Å². The van der Waals surface area contributed by atoms with Crippen LogP contribution in [-0.2, 0) is 0 Å². The van der Waals surface area contributed by atoms with Crippen molar-refractivity contribution in [3.8, 4) is 0 Å². The van der Waals surface area contributed by atoms with Crippen molar-refractivity contribution >= 4 is 28.5 Å². The lowest BCUT2D eigenvalue weighted by Crippen LogP contribution is -2.32. The van der Waals surface area contributed by atoms with Crippen LogP contribution in [-0.4, -0.2) is 29.6 Å². The molecule has 0 unspecified atom stereocenters. The predicted octanol–water partition coefficient (Wildman–Crippen LogP) is 4.13. The molecule has 23 heavy (non-hydrogen) atoms. The van der Waals surface area contributed by atoms with E-state index in [4.69, 9.17) is 11.1 Å². The van der Waals surface area contributed by atoms with Crippen molar-refractivity contribution < 1.29 is 4.79 Å². The van der Waals surface area contributed by atoms with Crippen LogP contribution in [0.5, 0.6) is 0 Å². The van der Waals surface area contributed by atoms with Gasteiger partial charge in [0.05, 0.1) is 5.56 Å². The number of allylic oxidation sites excluding steroid dienone is 2. The molecular weight excluding hydrogens is 306 g/mol. The highest BCUT2D eigenvalue weighted by Gasteiger charge is 2.26. The van der Waals surface area contributed by atoms with Gasteiger partial charge in [-0.3, -0.25) is 4.79 Å². The normalized spacial score (nSPS) is 19.0. The van der Waals surface area contributed by atoms with Crippen LogP contribution in [0, 0.1) is 10.8 Å². The summed E-state index contributed by atoms with van der Waals surface area (Å²) in [7, 11) is 0. The molecule has 1 fully saturated rings. The van der Waals surface area contributed by atoms with E-state index in [2.05, 4.69) is 13.8 Å².